The number of rotatable bonds is 3. The second-order valence-electron chi connectivity index (χ2n) is 3.70. The largest absolute Gasteiger partial charge is 0.204 e. The molecule has 2 rings (SSSR count). The standard InChI is InChI=1S/C11H10BrN5/c1-8(6-13)7-17-15-11(14-16-17)9-2-4-10(12)5-3-9/h2-5,8H,7H2,1H3/t8-/m0/s1. The lowest BCUT2D eigenvalue weighted by Crippen LogP contribution is -2.09. The van der Waals surface area contributed by atoms with Crippen LogP contribution in [-0.2, 0) is 6.54 Å². The molecule has 0 bridgehead atoms. The highest BCUT2D eigenvalue weighted by Crippen LogP contribution is 2.17. The number of aromatic nitrogens is 4. The molecule has 2 aromatic rings. The summed E-state index contributed by atoms with van der Waals surface area (Å²) in [5.41, 5.74) is 0.907. The maximum atomic E-state index is 8.71. The Labute approximate surface area is 107 Å². The molecular weight excluding hydrogens is 282 g/mol. The van der Waals surface area contributed by atoms with Gasteiger partial charge in [0.1, 0.15) is 0 Å². The summed E-state index contributed by atoms with van der Waals surface area (Å²) in [5, 5.41) is 20.8. The molecule has 1 aromatic heterocycles. The van der Waals surface area contributed by atoms with Crippen molar-refractivity contribution in [2.24, 2.45) is 5.92 Å². The molecule has 1 aromatic carbocycles. The minimum atomic E-state index is -0.123. The predicted molar refractivity (Wildman–Crippen MR) is 65.7 cm³/mol. The Morgan fingerprint density at radius 3 is 2.76 bits per heavy atom. The third-order valence-corrected chi connectivity index (χ3v) is 2.74. The van der Waals surface area contributed by atoms with Gasteiger partial charge in [-0.15, -0.1) is 10.2 Å². The first-order valence-electron chi connectivity index (χ1n) is 5.12. The van der Waals surface area contributed by atoms with E-state index in [2.05, 4.69) is 37.4 Å². The summed E-state index contributed by atoms with van der Waals surface area (Å²) in [5.74, 6) is 0.449. The van der Waals surface area contributed by atoms with Gasteiger partial charge in [0.05, 0.1) is 18.5 Å². The first kappa shape index (κ1) is 11.7. The molecule has 0 aliphatic rings. The van der Waals surface area contributed by atoms with Gasteiger partial charge in [-0.1, -0.05) is 15.9 Å². The van der Waals surface area contributed by atoms with E-state index < -0.39 is 0 Å². The number of nitriles is 1. The van der Waals surface area contributed by atoms with Gasteiger partial charge in [0, 0.05) is 10.0 Å². The van der Waals surface area contributed by atoms with Crippen LogP contribution in [0.4, 0.5) is 0 Å². The number of tetrazole rings is 1. The predicted octanol–water partition coefficient (Wildman–Crippen LogP) is 2.26. The second-order valence-corrected chi connectivity index (χ2v) is 4.62. The van der Waals surface area contributed by atoms with E-state index in [9.17, 15) is 0 Å². The molecule has 17 heavy (non-hydrogen) atoms. The first-order chi connectivity index (χ1) is 8.19. The minimum absolute atomic E-state index is 0.123. The third-order valence-electron chi connectivity index (χ3n) is 2.21. The molecule has 0 saturated carbocycles. The van der Waals surface area contributed by atoms with Gasteiger partial charge < -0.3 is 0 Å². The Morgan fingerprint density at radius 2 is 2.12 bits per heavy atom. The van der Waals surface area contributed by atoms with E-state index in [0.29, 0.717) is 12.4 Å². The van der Waals surface area contributed by atoms with E-state index in [1.54, 1.807) is 0 Å². The molecule has 0 saturated heterocycles. The van der Waals surface area contributed by atoms with Gasteiger partial charge in [-0.3, -0.25) is 0 Å². The van der Waals surface area contributed by atoms with Gasteiger partial charge in [-0.2, -0.15) is 10.1 Å². The fraction of sp³-hybridized carbons (Fsp3) is 0.273. The molecular formula is C11H10BrN5. The van der Waals surface area contributed by atoms with Gasteiger partial charge in [-0.25, -0.2) is 0 Å². The van der Waals surface area contributed by atoms with E-state index in [4.69, 9.17) is 5.26 Å². The lowest BCUT2D eigenvalue weighted by molar-refractivity contribution is 0.463. The summed E-state index contributed by atoms with van der Waals surface area (Å²) in [6.45, 7) is 2.28. The highest BCUT2D eigenvalue weighted by Gasteiger charge is 2.08. The van der Waals surface area contributed by atoms with Crippen LogP contribution in [0.3, 0.4) is 0 Å². The van der Waals surface area contributed by atoms with Gasteiger partial charge in [0.2, 0.25) is 5.82 Å². The normalized spacial score (nSPS) is 12.1. The Balaban J connectivity index is 2.18. The van der Waals surface area contributed by atoms with Crippen molar-refractivity contribution in [3.05, 3.63) is 28.7 Å². The zero-order valence-electron chi connectivity index (χ0n) is 9.21. The van der Waals surface area contributed by atoms with E-state index >= 15 is 0 Å². The molecule has 0 aliphatic heterocycles. The molecule has 5 nitrogen and oxygen atoms in total. The molecule has 0 radical (unpaired) electrons. The molecule has 0 aliphatic carbocycles. The summed E-state index contributed by atoms with van der Waals surface area (Å²) in [4.78, 5) is 1.45. The van der Waals surface area contributed by atoms with Crippen molar-refractivity contribution < 1.29 is 0 Å². The molecule has 6 heteroatoms. The van der Waals surface area contributed by atoms with Crippen LogP contribution in [0.25, 0.3) is 11.4 Å². The Hall–Kier alpha value is -1.74. The van der Waals surface area contributed by atoms with Crippen LogP contribution < -0.4 is 0 Å². The average molecular weight is 292 g/mol. The van der Waals surface area contributed by atoms with Crippen molar-refractivity contribution in [1.82, 2.24) is 20.2 Å². The van der Waals surface area contributed by atoms with Crippen LogP contribution in [0.1, 0.15) is 6.92 Å². The average Bonchev–Trinajstić information content (AvgIpc) is 2.78. The molecule has 0 N–H and O–H groups in total. The maximum Gasteiger partial charge on any atom is 0.204 e. The van der Waals surface area contributed by atoms with Crippen molar-refractivity contribution in [2.45, 2.75) is 13.5 Å². The van der Waals surface area contributed by atoms with Gasteiger partial charge in [0.25, 0.3) is 0 Å². The van der Waals surface area contributed by atoms with E-state index in [0.717, 1.165) is 10.0 Å². The van der Waals surface area contributed by atoms with Crippen molar-refractivity contribution >= 4 is 15.9 Å². The molecule has 0 amide bonds. The third kappa shape index (κ3) is 2.88. The van der Waals surface area contributed by atoms with Gasteiger partial charge >= 0.3 is 0 Å². The SMILES string of the molecule is C[C@@H](C#N)Cn1nnc(-c2ccc(Br)cc2)n1. The molecule has 0 fully saturated rings. The van der Waals surface area contributed by atoms with Gasteiger partial charge in [0.15, 0.2) is 0 Å². The number of hydrogen-bond donors (Lipinski definition) is 0. The topological polar surface area (TPSA) is 67.4 Å². The van der Waals surface area contributed by atoms with Crippen molar-refractivity contribution in [3.8, 4) is 17.5 Å². The lowest BCUT2D eigenvalue weighted by atomic mass is 10.2. The molecule has 1 heterocycles. The van der Waals surface area contributed by atoms with Crippen LogP contribution in [0, 0.1) is 17.2 Å². The smallest absolute Gasteiger partial charge is 0.198 e. The zero-order valence-corrected chi connectivity index (χ0v) is 10.8. The highest BCUT2D eigenvalue weighted by molar-refractivity contribution is 9.10. The fourth-order valence-electron chi connectivity index (χ4n) is 1.32. The van der Waals surface area contributed by atoms with Crippen LogP contribution >= 0.6 is 15.9 Å². The summed E-state index contributed by atoms with van der Waals surface area (Å²) in [6, 6.07) is 9.82. The number of nitrogens with zero attached hydrogens (tertiary/aromatic N) is 5. The Morgan fingerprint density at radius 1 is 1.41 bits per heavy atom. The monoisotopic (exact) mass is 291 g/mol. The summed E-state index contributed by atoms with van der Waals surface area (Å²) in [7, 11) is 0. The number of benzene rings is 1. The quantitative estimate of drug-likeness (QED) is 0.870. The summed E-state index contributed by atoms with van der Waals surface area (Å²) in [6.07, 6.45) is 0. The minimum Gasteiger partial charge on any atom is -0.198 e. The van der Waals surface area contributed by atoms with Crippen LogP contribution in [0.2, 0.25) is 0 Å². The summed E-state index contributed by atoms with van der Waals surface area (Å²) < 4.78 is 1.01. The van der Waals surface area contributed by atoms with E-state index in [1.807, 2.05) is 31.2 Å². The Kier molecular flexibility index (Phi) is 3.49. The molecule has 0 unspecified atom stereocenters. The second kappa shape index (κ2) is 5.06. The highest BCUT2D eigenvalue weighted by atomic mass is 79.9. The molecule has 0 spiro atoms. The molecule has 86 valence electrons. The fourth-order valence-corrected chi connectivity index (χ4v) is 1.59. The van der Waals surface area contributed by atoms with Gasteiger partial charge in [-0.05, 0) is 36.4 Å². The van der Waals surface area contributed by atoms with Crippen LogP contribution in [0.15, 0.2) is 28.7 Å². The van der Waals surface area contributed by atoms with Crippen LogP contribution in [0.5, 0.6) is 0 Å². The van der Waals surface area contributed by atoms with Crippen LogP contribution in [-0.4, -0.2) is 20.2 Å². The van der Waals surface area contributed by atoms with Crippen molar-refractivity contribution in [2.75, 3.05) is 0 Å². The molecule has 1 atom stereocenters. The van der Waals surface area contributed by atoms with Crippen molar-refractivity contribution in [3.63, 3.8) is 0 Å². The maximum absolute atomic E-state index is 8.71. The van der Waals surface area contributed by atoms with E-state index in [-0.39, 0.29) is 5.92 Å². The first-order valence-corrected chi connectivity index (χ1v) is 5.91. The number of halogens is 1. The number of hydrogen-bond acceptors (Lipinski definition) is 4. The summed E-state index contributed by atoms with van der Waals surface area (Å²) >= 11 is 3.37. The van der Waals surface area contributed by atoms with E-state index in [1.165, 1.54) is 4.80 Å². The Bertz CT molecular complexity index is 540. The van der Waals surface area contributed by atoms with Crippen molar-refractivity contribution in [1.29, 1.82) is 5.26 Å². The zero-order chi connectivity index (χ0) is 12.3. The lowest BCUT2D eigenvalue weighted by Gasteiger charge is -1.98.